The van der Waals surface area contributed by atoms with Crippen LogP contribution in [0.2, 0.25) is 10.0 Å². The van der Waals surface area contributed by atoms with E-state index in [4.69, 9.17) is 23.2 Å². The second kappa shape index (κ2) is 7.47. The van der Waals surface area contributed by atoms with Crippen molar-refractivity contribution in [2.75, 3.05) is 0 Å². The zero-order chi connectivity index (χ0) is 21.6. The van der Waals surface area contributed by atoms with Gasteiger partial charge in [-0.2, -0.15) is 13.2 Å². The van der Waals surface area contributed by atoms with Gasteiger partial charge in [-0.25, -0.2) is 9.18 Å². The van der Waals surface area contributed by atoms with Gasteiger partial charge in [0.25, 0.3) is 0 Å². The van der Waals surface area contributed by atoms with E-state index in [1.165, 1.54) is 29.6 Å². The van der Waals surface area contributed by atoms with Crippen LogP contribution >= 0.6 is 23.2 Å². The van der Waals surface area contributed by atoms with Crippen molar-refractivity contribution in [3.63, 3.8) is 0 Å². The molecular weight excluding hydrogens is 439 g/mol. The highest BCUT2D eigenvalue weighted by atomic mass is 35.5. The molecule has 0 bridgehead atoms. The van der Waals surface area contributed by atoms with Crippen LogP contribution in [0.25, 0.3) is 0 Å². The monoisotopic (exact) mass is 450 g/mol. The van der Waals surface area contributed by atoms with Crippen LogP contribution in [0.4, 0.5) is 22.4 Å². The van der Waals surface area contributed by atoms with Crippen LogP contribution in [0.3, 0.4) is 0 Å². The molecule has 1 aliphatic heterocycles. The van der Waals surface area contributed by atoms with E-state index in [2.05, 4.69) is 5.32 Å². The molecule has 0 unspecified atom stereocenters. The van der Waals surface area contributed by atoms with Gasteiger partial charge in [0, 0.05) is 21.2 Å². The summed E-state index contributed by atoms with van der Waals surface area (Å²) >= 11 is 11.7. The molecule has 1 aliphatic rings. The molecule has 1 fully saturated rings. The number of Topliss-reactive ketones (excluding diaryl/α,β-unsaturated/α-hetero) is 1. The number of benzene rings is 2. The second-order valence-corrected chi connectivity index (χ2v) is 7.17. The van der Waals surface area contributed by atoms with Gasteiger partial charge in [-0.3, -0.25) is 4.79 Å². The van der Waals surface area contributed by atoms with Gasteiger partial charge in [0.05, 0.1) is 6.04 Å². The van der Waals surface area contributed by atoms with Crippen molar-refractivity contribution in [3.8, 4) is 0 Å². The summed E-state index contributed by atoms with van der Waals surface area (Å²) in [4.78, 5) is 24.9. The fourth-order valence-electron chi connectivity index (χ4n) is 3.18. The van der Waals surface area contributed by atoms with Crippen molar-refractivity contribution in [2.24, 2.45) is 5.92 Å². The predicted octanol–water partition coefficient (Wildman–Crippen LogP) is 4.24. The van der Waals surface area contributed by atoms with Crippen molar-refractivity contribution in [2.45, 2.75) is 17.9 Å². The van der Waals surface area contributed by atoms with Crippen LogP contribution in [-0.4, -0.2) is 28.8 Å². The topological polar surface area (TPSA) is 78.4 Å². The molecule has 3 N–H and O–H groups in total. The molecule has 2 aromatic carbocycles. The lowest BCUT2D eigenvalue weighted by molar-refractivity contribution is -0.287. The Balaban J connectivity index is 2.23. The standard InChI is InChI=1S/C18H12Cl2F4N2O3/c19-9-6-4-8(5-7-9)15(27)13-14(12-10(20)2-1-3-11(12)21)25-16(28)26-17(13,29)18(22,23)24/h1-7,13-14,29H,(H2,25,26,28)/t13-,14-,17+/m1/s1. The van der Waals surface area contributed by atoms with E-state index < -0.39 is 47.1 Å². The van der Waals surface area contributed by atoms with E-state index in [1.54, 1.807) is 0 Å². The van der Waals surface area contributed by atoms with Crippen LogP contribution in [0.5, 0.6) is 0 Å². The summed E-state index contributed by atoms with van der Waals surface area (Å²) in [6.45, 7) is 0. The number of hydrogen-bond acceptors (Lipinski definition) is 3. The molecule has 0 saturated carbocycles. The van der Waals surface area contributed by atoms with E-state index in [0.717, 1.165) is 18.2 Å². The molecule has 1 heterocycles. The van der Waals surface area contributed by atoms with Crippen LogP contribution in [0.1, 0.15) is 22.0 Å². The van der Waals surface area contributed by atoms with Crippen molar-refractivity contribution in [1.29, 1.82) is 0 Å². The minimum absolute atomic E-state index is 0.219. The molecule has 2 amide bonds. The average molecular weight is 451 g/mol. The highest BCUT2D eigenvalue weighted by molar-refractivity contribution is 6.31. The van der Waals surface area contributed by atoms with Crippen molar-refractivity contribution >= 4 is 35.0 Å². The third-order valence-electron chi connectivity index (χ3n) is 4.53. The number of amides is 2. The van der Waals surface area contributed by atoms with Gasteiger partial charge >= 0.3 is 12.2 Å². The summed E-state index contributed by atoms with van der Waals surface area (Å²) in [7, 11) is 0. The number of carbonyl (C=O) groups excluding carboxylic acids is 2. The molecule has 3 atom stereocenters. The van der Waals surface area contributed by atoms with Gasteiger partial charge in [-0.15, -0.1) is 0 Å². The Morgan fingerprint density at radius 3 is 2.28 bits per heavy atom. The number of ketones is 1. The Morgan fingerprint density at radius 2 is 1.72 bits per heavy atom. The lowest BCUT2D eigenvalue weighted by Gasteiger charge is -2.45. The molecule has 2 aromatic rings. The molecule has 3 rings (SSSR count). The van der Waals surface area contributed by atoms with E-state index in [9.17, 15) is 32.3 Å². The number of aliphatic hydroxyl groups is 1. The summed E-state index contributed by atoms with van der Waals surface area (Å²) in [5.41, 5.74) is -4.78. The van der Waals surface area contributed by atoms with Gasteiger partial charge < -0.3 is 15.7 Å². The maximum absolute atomic E-state index is 14.5. The minimum Gasteiger partial charge on any atom is -0.363 e. The summed E-state index contributed by atoms with van der Waals surface area (Å²) in [6.07, 6.45) is -5.46. The van der Waals surface area contributed by atoms with Crippen LogP contribution in [0, 0.1) is 11.7 Å². The highest BCUT2D eigenvalue weighted by Gasteiger charge is 2.66. The Hall–Kier alpha value is -2.36. The molecule has 11 heteroatoms. The molecule has 1 saturated heterocycles. The fraction of sp³-hybridized carbons (Fsp3) is 0.222. The Morgan fingerprint density at radius 1 is 1.10 bits per heavy atom. The Labute approximate surface area is 171 Å². The number of alkyl halides is 3. The van der Waals surface area contributed by atoms with Crippen molar-refractivity contribution < 1.29 is 32.3 Å². The number of nitrogens with one attached hydrogen (secondary N) is 2. The zero-order valence-corrected chi connectivity index (χ0v) is 15.7. The highest BCUT2D eigenvalue weighted by Crippen LogP contribution is 2.45. The molecular formula is C18H12Cl2F4N2O3. The smallest absolute Gasteiger partial charge is 0.363 e. The Kier molecular flexibility index (Phi) is 5.50. The molecule has 154 valence electrons. The third-order valence-corrected chi connectivity index (χ3v) is 5.11. The lowest BCUT2D eigenvalue weighted by Crippen LogP contribution is -2.72. The van der Waals surface area contributed by atoms with Crippen LogP contribution in [0.15, 0.2) is 42.5 Å². The zero-order valence-electron chi connectivity index (χ0n) is 14.2. The van der Waals surface area contributed by atoms with E-state index in [1.807, 2.05) is 0 Å². The third kappa shape index (κ3) is 3.77. The van der Waals surface area contributed by atoms with Gasteiger partial charge in [0.1, 0.15) is 11.7 Å². The van der Waals surface area contributed by atoms with Gasteiger partial charge in [0.2, 0.25) is 5.72 Å². The number of rotatable bonds is 3. The van der Waals surface area contributed by atoms with E-state index in [-0.39, 0.29) is 15.6 Å². The van der Waals surface area contributed by atoms with E-state index in [0.29, 0.717) is 0 Å². The van der Waals surface area contributed by atoms with E-state index >= 15 is 0 Å². The maximum atomic E-state index is 14.5. The largest absolute Gasteiger partial charge is 0.437 e. The second-order valence-electron chi connectivity index (χ2n) is 6.32. The molecule has 5 nitrogen and oxygen atoms in total. The predicted molar refractivity (Wildman–Crippen MR) is 96.1 cm³/mol. The molecule has 0 aromatic heterocycles. The molecule has 0 radical (unpaired) electrons. The number of urea groups is 1. The number of hydrogen-bond donors (Lipinski definition) is 3. The first kappa shape index (κ1) is 21.4. The normalized spacial score (nSPS) is 24.6. The number of carbonyl (C=O) groups is 2. The number of halogens is 6. The van der Waals surface area contributed by atoms with Crippen LogP contribution in [-0.2, 0) is 0 Å². The molecule has 0 spiro atoms. The van der Waals surface area contributed by atoms with Crippen molar-refractivity contribution in [1.82, 2.24) is 10.6 Å². The van der Waals surface area contributed by atoms with Crippen molar-refractivity contribution in [3.05, 3.63) is 69.5 Å². The summed E-state index contributed by atoms with van der Waals surface area (Å²) in [5, 5.41) is 13.7. The first-order chi connectivity index (χ1) is 13.5. The quantitative estimate of drug-likeness (QED) is 0.483. The van der Waals surface area contributed by atoms with Gasteiger partial charge in [0.15, 0.2) is 5.78 Å². The minimum atomic E-state index is -5.46. The van der Waals surface area contributed by atoms with Gasteiger partial charge in [-0.05, 0) is 36.4 Å². The summed E-state index contributed by atoms with van der Waals surface area (Å²) in [5.74, 6) is -4.66. The maximum Gasteiger partial charge on any atom is 0.437 e. The first-order valence-corrected chi connectivity index (χ1v) is 8.83. The van der Waals surface area contributed by atoms with Crippen LogP contribution < -0.4 is 10.6 Å². The average Bonchev–Trinajstić information content (AvgIpc) is 2.60. The first-order valence-electron chi connectivity index (χ1n) is 8.07. The lowest BCUT2D eigenvalue weighted by atomic mass is 9.77. The molecule has 0 aliphatic carbocycles. The SMILES string of the molecule is O=C1N[C@H](c2c(F)cccc2Cl)[C@H](C(=O)c2ccc(Cl)cc2)[C@](O)(C(F)(F)F)N1. The summed E-state index contributed by atoms with van der Waals surface area (Å²) in [6, 6.07) is 4.77. The molecule has 29 heavy (non-hydrogen) atoms. The van der Waals surface area contributed by atoms with Gasteiger partial charge in [-0.1, -0.05) is 29.3 Å². The Bertz CT molecular complexity index is 948. The summed E-state index contributed by atoms with van der Waals surface area (Å²) < 4.78 is 55.8. The fourth-order valence-corrected chi connectivity index (χ4v) is 3.59.